The third-order valence-corrected chi connectivity index (χ3v) is 18.1. The molecule has 0 saturated heterocycles. The van der Waals surface area contributed by atoms with Gasteiger partial charge in [-0.25, -0.2) is 9.13 Å². The number of hydrogen-bond acceptors (Lipinski definition) is 14. The molecule has 0 aromatic heterocycles. The largest absolute Gasteiger partial charge is 0.472 e. The number of aliphatic hydroxyl groups is 2. The van der Waals surface area contributed by atoms with E-state index in [1.807, 2.05) is 18.2 Å². The Balaban J connectivity index is 4.51. The minimum Gasteiger partial charge on any atom is -0.463 e. The van der Waals surface area contributed by atoms with Gasteiger partial charge in [0.05, 0.1) is 26.4 Å². The molecule has 0 fully saturated rings. The van der Waals surface area contributed by atoms with Crippen molar-refractivity contribution in [3.05, 3.63) is 158 Å². The summed E-state index contributed by atoms with van der Waals surface area (Å²) in [5.74, 6) is -1.69. The van der Waals surface area contributed by atoms with Crippen molar-refractivity contribution in [1.82, 2.24) is 0 Å². The Morgan fingerprint density at radius 1 is 0.282 bits per heavy atom. The highest BCUT2D eigenvalue weighted by atomic mass is 31.2. The van der Waals surface area contributed by atoms with Crippen molar-refractivity contribution in [3.63, 3.8) is 0 Å². The molecule has 0 aliphatic rings. The normalized spacial score (nSPS) is 14.8. The number of aliphatic hydroxyl groups excluding tert-OH is 2. The van der Waals surface area contributed by atoms with E-state index in [4.69, 9.17) is 32.3 Å². The topological polar surface area (TPSA) is 231 Å². The van der Waals surface area contributed by atoms with Gasteiger partial charge in [0.2, 0.25) is 0 Å². The molecule has 5 unspecified atom stereocenters. The number of carbonyl (C=O) groups is 3. The van der Waals surface area contributed by atoms with Gasteiger partial charge in [0.25, 0.3) is 0 Å². The summed E-state index contributed by atoms with van der Waals surface area (Å²) < 4.78 is 61.0. The zero-order valence-electron chi connectivity index (χ0n) is 64.2. The van der Waals surface area contributed by atoms with Gasteiger partial charge in [0.1, 0.15) is 25.4 Å². The van der Waals surface area contributed by atoms with E-state index in [2.05, 4.69) is 161 Å². The zero-order valence-corrected chi connectivity index (χ0v) is 66.0. The van der Waals surface area contributed by atoms with E-state index >= 15 is 0 Å². The molecule has 588 valence electrons. The standard InChI is InChI=1S/C85H142O16P2/c1-4-7-10-13-16-19-22-25-28-30-32-33-34-35-36-37-38-39-40-41-42-43-44-45-47-49-51-53-56-59-62-65-68-71-83(88)95-74-80(86)75-97-102(91,92)98-76-81(87)77-99-103(93,94)100-79-82(101-85(90)73-70-67-64-61-58-55-50-27-24-21-18-15-12-9-6-3)78-96-84(89)72-69-66-63-60-57-54-52-48-46-31-29-26-23-20-17-14-11-8-5-2/h7-8,10-11,16-17,19-20,25-29,32-33,35-36,38-39,46,48,50,54,57,63,66,80-82,86-87H,4-6,9,12-15,18,21-24,30-31,34,37,40-45,47,49,51-53,55-56,58-62,64-65,67-79H2,1-3H3,(H,91,92)(H,93,94)/b10-7-,11-8-,19-16-,20-17-,28-25-,29-26-,33-32-,36-35-,39-38-,48-46-,50-27-,57-54-,66-63-. The summed E-state index contributed by atoms with van der Waals surface area (Å²) in [5.41, 5.74) is 0. The molecule has 4 N–H and O–H groups in total. The molecule has 0 aromatic carbocycles. The van der Waals surface area contributed by atoms with Crippen molar-refractivity contribution in [2.24, 2.45) is 0 Å². The SMILES string of the molecule is CC/C=C\C/C=C\C/C=C\C/C=C\C/C=C\C/C=C\CCCCCCCCCCCCCCCCC(=O)OCC(O)COP(=O)(O)OCC(O)COP(=O)(O)OCC(COC(=O)CC/C=C\C/C=C\C/C=C\C/C=C\C/C=C\C/C=C\CC)OC(=O)CCCCCCC/C=C\CCCCCCCC. The van der Waals surface area contributed by atoms with E-state index in [0.717, 1.165) is 135 Å². The molecule has 0 saturated carbocycles. The lowest BCUT2D eigenvalue weighted by Gasteiger charge is -2.21. The lowest BCUT2D eigenvalue weighted by atomic mass is 10.0. The zero-order chi connectivity index (χ0) is 75.2. The fourth-order valence-electron chi connectivity index (χ4n) is 10.2. The highest BCUT2D eigenvalue weighted by molar-refractivity contribution is 7.47. The van der Waals surface area contributed by atoms with Crippen LogP contribution in [0.4, 0.5) is 0 Å². The molecule has 5 atom stereocenters. The van der Waals surface area contributed by atoms with Gasteiger partial charge < -0.3 is 34.2 Å². The molecule has 0 radical (unpaired) electrons. The molecule has 0 heterocycles. The second-order valence-corrected chi connectivity index (χ2v) is 29.0. The first-order valence-electron chi connectivity index (χ1n) is 39.8. The number of ether oxygens (including phenoxy) is 3. The molecule has 0 rings (SSSR count). The summed E-state index contributed by atoms with van der Waals surface area (Å²) in [6.07, 6.45) is 96.1. The maximum Gasteiger partial charge on any atom is 0.472 e. The maximum absolute atomic E-state index is 12.9. The van der Waals surface area contributed by atoms with Crippen LogP contribution in [0.25, 0.3) is 0 Å². The summed E-state index contributed by atoms with van der Waals surface area (Å²) in [7, 11) is -9.82. The minimum absolute atomic E-state index is 0.0404. The quantitative estimate of drug-likeness (QED) is 0.0146. The number of phosphoric acid groups is 2. The van der Waals surface area contributed by atoms with Gasteiger partial charge in [-0.15, -0.1) is 0 Å². The number of carbonyl (C=O) groups excluding carboxylic acids is 3. The number of unbranched alkanes of at least 4 members (excludes halogenated alkanes) is 25. The van der Waals surface area contributed by atoms with Gasteiger partial charge in [-0.3, -0.25) is 32.5 Å². The van der Waals surface area contributed by atoms with E-state index in [0.29, 0.717) is 25.7 Å². The third-order valence-electron chi connectivity index (χ3n) is 16.2. The minimum atomic E-state index is -4.95. The number of esters is 3. The predicted octanol–water partition coefficient (Wildman–Crippen LogP) is 23.4. The molecule has 16 nitrogen and oxygen atoms in total. The molecular weight excluding hydrogens is 1340 g/mol. The molecule has 0 bridgehead atoms. The summed E-state index contributed by atoms with van der Waals surface area (Å²) in [4.78, 5) is 58.6. The Kier molecular flexibility index (Phi) is 73.2. The molecule has 103 heavy (non-hydrogen) atoms. The Bertz CT molecular complexity index is 2500. The Labute approximate surface area is 625 Å². The maximum atomic E-state index is 12.9. The van der Waals surface area contributed by atoms with Crippen molar-refractivity contribution >= 4 is 33.6 Å². The first-order chi connectivity index (χ1) is 50.2. The van der Waals surface area contributed by atoms with Gasteiger partial charge in [-0.05, 0) is 135 Å². The van der Waals surface area contributed by atoms with Crippen LogP contribution in [0.2, 0.25) is 0 Å². The van der Waals surface area contributed by atoms with Gasteiger partial charge in [-0.2, -0.15) is 0 Å². The Morgan fingerprint density at radius 3 is 0.883 bits per heavy atom. The van der Waals surface area contributed by atoms with Crippen molar-refractivity contribution in [3.8, 4) is 0 Å². The van der Waals surface area contributed by atoms with E-state index in [1.165, 1.54) is 103 Å². The van der Waals surface area contributed by atoms with E-state index in [-0.39, 0.29) is 19.3 Å². The number of hydrogen-bond donors (Lipinski definition) is 4. The first kappa shape index (κ1) is 98.2. The highest BCUT2D eigenvalue weighted by Gasteiger charge is 2.29. The van der Waals surface area contributed by atoms with Crippen molar-refractivity contribution in [1.29, 1.82) is 0 Å². The number of phosphoric ester groups is 2. The Morgan fingerprint density at radius 2 is 0.534 bits per heavy atom. The van der Waals surface area contributed by atoms with E-state index in [9.17, 15) is 43.5 Å². The van der Waals surface area contributed by atoms with Gasteiger partial charge in [0, 0.05) is 19.3 Å². The number of allylic oxidation sites excluding steroid dienone is 26. The van der Waals surface area contributed by atoms with E-state index in [1.54, 1.807) is 0 Å². The van der Waals surface area contributed by atoms with Crippen LogP contribution in [0.5, 0.6) is 0 Å². The average molecular weight is 1480 g/mol. The molecular formula is C85H142O16P2. The molecule has 0 aromatic rings. The van der Waals surface area contributed by atoms with Crippen LogP contribution in [-0.2, 0) is 55.8 Å². The van der Waals surface area contributed by atoms with Crippen molar-refractivity contribution in [2.45, 2.75) is 322 Å². The predicted molar refractivity (Wildman–Crippen MR) is 426 cm³/mol. The van der Waals surface area contributed by atoms with Gasteiger partial charge >= 0.3 is 33.6 Å². The monoisotopic (exact) mass is 1480 g/mol. The summed E-state index contributed by atoms with van der Waals surface area (Å²) in [6, 6.07) is 0. The second kappa shape index (κ2) is 76.8. The Hall–Kier alpha value is -4.83. The van der Waals surface area contributed by atoms with Crippen LogP contribution in [0.15, 0.2) is 158 Å². The lowest BCUT2D eigenvalue weighted by molar-refractivity contribution is -0.161. The molecule has 18 heteroatoms. The van der Waals surface area contributed by atoms with Crippen LogP contribution in [0, 0.1) is 0 Å². The molecule has 0 amide bonds. The van der Waals surface area contributed by atoms with Gasteiger partial charge in [0.15, 0.2) is 6.10 Å². The second-order valence-electron chi connectivity index (χ2n) is 26.1. The molecule has 0 aliphatic heterocycles. The fourth-order valence-corrected chi connectivity index (χ4v) is 11.8. The summed E-state index contributed by atoms with van der Waals surface area (Å²) in [6.45, 7) is 2.35. The van der Waals surface area contributed by atoms with Crippen LogP contribution < -0.4 is 0 Å². The van der Waals surface area contributed by atoms with Crippen molar-refractivity contribution in [2.75, 3.05) is 39.6 Å². The highest BCUT2D eigenvalue weighted by Crippen LogP contribution is 2.45. The first-order valence-corrected chi connectivity index (χ1v) is 42.8. The van der Waals surface area contributed by atoms with Crippen LogP contribution >= 0.6 is 15.6 Å². The van der Waals surface area contributed by atoms with Crippen LogP contribution in [-0.4, -0.2) is 95.9 Å². The van der Waals surface area contributed by atoms with Crippen LogP contribution in [0.3, 0.4) is 0 Å². The fraction of sp³-hybridized carbons (Fsp3) is 0.659. The third kappa shape index (κ3) is 78.1. The smallest absolute Gasteiger partial charge is 0.463 e. The van der Waals surface area contributed by atoms with Gasteiger partial charge in [-0.1, -0.05) is 307 Å². The molecule has 0 spiro atoms. The lowest BCUT2D eigenvalue weighted by Crippen LogP contribution is -2.30. The number of rotatable bonds is 74. The average Bonchev–Trinajstić information content (AvgIpc) is 0.916. The molecule has 0 aliphatic carbocycles. The van der Waals surface area contributed by atoms with E-state index < -0.39 is 91.5 Å². The van der Waals surface area contributed by atoms with Crippen LogP contribution in [0.1, 0.15) is 303 Å². The summed E-state index contributed by atoms with van der Waals surface area (Å²) in [5, 5.41) is 20.6. The van der Waals surface area contributed by atoms with Crippen molar-refractivity contribution < 1.29 is 75.8 Å². The summed E-state index contributed by atoms with van der Waals surface area (Å²) >= 11 is 0.